The van der Waals surface area contributed by atoms with Gasteiger partial charge in [0.05, 0.1) is 0 Å². The van der Waals surface area contributed by atoms with Crippen LogP contribution >= 0.6 is 0 Å². The van der Waals surface area contributed by atoms with Crippen molar-refractivity contribution in [3.8, 4) is 0 Å². The molecule has 0 aromatic heterocycles. The van der Waals surface area contributed by atoms with E-state index in [2.05, 4.69) is 45.1 Å². The predicted molar refractivity (Wildman–Crippen MR) is 53.2 cm³/mol. The molecule has 0 spiro atoms. The molecule has 1 rings (SSSR count). The molecule has 0 aromatic carbocycles. The third-order valence-electron chi connectivity index (χ3n) is 1.97. The number of allylic oxidation sites excluding steroid dienone is 2. The number of hydrogen-bond donors (Lipinski definition) is 0. The zero-order valence-corrected chi connectivity index (χ0v) is 10.7. The number of likely N-dealkylation sites (N-methyl/N-ethyl adjacent to an activating group) is 1. The monoisotopic (exact) mass is 259 g/mol. The molecule has 0 aliphatic carbocycles. The summed E-state index contributed by atoms with van der Waals surface area (Å²) in [6.45, 7) is 1.10. The SMILES string of the molecule is CN1C=C[C]([Sn]([CH3])([CH3])[CH3])=CC1. The molecule has 0 bridgehead atoms. The van der Waals surface area contributed by atoms with Gasteiger partial charge in [-0.25, -0.2) is 0 Å². The summed E-state index contributed by atoms with van der Waals surface area (Å²) in [5.74, 6) is 0. The summed E-state index contributed by atoms with van der Waals surface area (Å²) in [4.78, 5) is 9.57. The van der Waals surface area contributed by atoms with Crippen molar-refractivity contribution in [3.63, 3.8) is 0 Å². The fourth-order valence-electron chi connectivity index (χ4n) is 1.13. The van der Waals surface area contributed by atoms with E-state index in [1.807, 2.05) is 0 Å². The summed E-state index contributed by atoms with van der Waals surface area (Å²) in [6, 6.07) is 0. The number of nitrogens with zero attached hydrogens (tertiary/aromatic N) is 1. The maximum atomic E-state index is 2.45. The van der Waals surface area contributed by atoms with E-state index in [4.69, 9.17) is 0 Å². The van der Waals surface area contributed by atoms with Crippen LogP contribution in [0.15, 0.2) is 21.9 Å². The number of rotatable bonds is 1. The van der Waals surface area contributed by atoms with Crippen LogP contribution in [0.3, 0.4) is 0 Å². The molecule has 0 atom stereocenters. The van der Waals surface area contributed by atoms with Crippen LogP contribution in [0.4, 0.5) is 0 Å². The molecule has 2 heteroatoms. The second kappa shape index (κ2) is 3.21. The zero-order valence-electron chi connectivity index (χ0n) is 7.89. The molecular weight excluding hydrogens is 241 g/mol. The van der Waals surface area contributed by atoms with E-state index < -0.39 is 18.4 Å². The Morgan fingerprint density at radius 2 is 2.00 bits per heavy atom. The first-order valence-corrected chi connectivity index (χ1v) is 14.1. The first-order valence-electron chi connectivity index (χ1n) is 4.09. The van der Waals surface area contributed by atoms with E-state index in [0.29, 0.717) is 0 Å². The van der Waals surface area contributed by atoms with E-state index in [9.17, 15) is 0 Å². The molecule has 0 saturated heterocycles. The van der Waals surface area contributed by atoms with Crippen molar-refractivity contribution in [1.29, 1.82) is 0 Å². The number of hydrogen-bond acceptors (Lipinski definition) is 1. The Morgan fingerprint density at radius 3 is 2.36 bits per heavy atom. The summed E-state index contributed by atoms with van der Waals surface area (Å²) in [7, 11) is 2.11. The molecule has 1 aliphatic heterocycles. The van der Waals surface area contributed by atoms with Crippen molar-refractivity contribution < 1.29 is 0 Å². The fourth-order valence-corrected chi connectivity index (χ4v) is 4.78. The molecule has 0 saturated carbocycles. The standard InChI is InChI=1S/C6H8N.3CH3.Sn/c1-7-5-3-2-4-6-7;;;;/h3-5H,6H2,1H3;3*1H3;. The third kappa shape index (κ3) is 2.54. The van der Waals surface area contributed by atoms with Crippen LogP contribution in [0.1, 0.15) is 0 Å². The molecule has 11 heavy (non-hydrogen) atoms. The summed E-state index contributed by atoms with van der Waals surface area (Å²) in [5.41, 5.74) is 0. The Hall–Kier alpha value is 0.0787. The molecule has 0 amide bonds. The Morgan fingerprint density at radius 1 is 1.36 bits per heavy atom. The molecule has 0 unspecified atom stereocenters. The summed E-state index contributed by atoms with van der Waals surface area (Å²) >= 11 is -1.73. The Balaban J connectivity index is 2.71. The molecular formula is C9H17NSn. The Bertz CT molecular complexity index is 198. The van der Waals surface area contributed by atoms with Crippen LogP contribution in [0, 0.1) is 0 Å². The predicted octanol–water partition coefficient (Wildman–Crippen LogP) is 2.25. The van der Waals surface area contributed by atoms with Gasteiger partial charge in [0, 0.05) is 0 Å². The van der Waals surface area contributed by atoms with Gasteiger partial charge in [-0.3, -0.25) is 0 Å². The maximum absolute atomic E-state index is 2.45. The Kier molecular flexibility index (Phi) is 2.68. The molecule has 0 aromatic rings. The zero-order chi connectivity index (χ0) is 8.48. The summed E-state index contributed by atoms with van der Waals surface area (Å²) in [5, 5.41) is 0. The molecule has 1 heterocycles. The van der Waals surface area contributed by atoms with E-state index in [0.717, 1.165) is 6.54 Å². The van der Waals surface area contributed by atoms with Crippen molar-refractivity contribution in [2.45, 2.75) is 14.8 Å². The van der Waals surface area contributed by atoms with Gasteiger partial charge >= 0.3 is 73.6 Å². The van der Waals surface area contributed by atoms with Crippen LogP contribution < -0.4 is 0 Å². The van der Waals surface area contributed by atoms with Crippen molar-refractivity contribution in [3.05, 3.63) is 21.9 Å². The van der Waals surface area contributed by atoms with Gasteiger partial charge in [0.1, 0.15) is 0 Å². The van der Waals surface area contributed by atoms with E-state index in [1.165, 1.54) is 0 Å². The van der Waals surface area contributed by atoms with Crippen molar-refractivity contribution in [2.24, 2.45) is 0 Å². The second-order valence-electron chi connectivity index (χ2n) is 4.16. The Labute approximate surface area is 73.7 Å². The van der Waals surface area contributed by atoms with Gasteiger partial charge in [0.25, 0.3) is 0 Å². The van der Waals surface area contributed by atoms with Crippen LogP contribution in [-0.2, 0) is 0 Å². The minimum absolute atomic E-state index is 1.10. The third-order valence-corrected chi connectivity index (χ3v) is 7.98. The molecule has 62 valence electrons. The van der Waals surface area contributed by atoms with Crippen LogP contribution in [0.5, 0.6) is 0 Å². The molecule has 0 N–H and O–H groups in total. The first-order chi connectivity index (χ1) is 5.00. The van der Waals surface area contributed by atoms with Crippen LogP contribution in [-0.4, -0.2) is 36.9 Å². The quantitative estimate of drug-likeness (QED) is 0.652. The summed E-state index contributed by atoms with van der Waals surface area (Å²) < 4.78 is 1.65. The normalized spacial score (nSPS) is 18.5. The summed E-state index contributed by atoms with van der Waals surface area (Å²) in [6.07, 6.45) is 6.87. The van der Waals surface area contributed by atoms with Crippen molar-refractivity contribution in [1.82, 2.24) is 4.90 Å². The molecule has 0 radical (unpaired) electrons. The van der Waals surface area contributed by atoms with Gasteiger partial charge in [-0.1, -0.05) is 0 Å². The topological polar surface area (TPSA) is 3.24 Å². The van der Waals surface area contributed by atoms with E-state index in [-0.39, 0.29) is 0 Å². The first kappa shape index (κ1) is 9.17. The second-order valence-corrected chi connectivity index (χ2v) is 18.7. The molecule has 0 fully saturated rings. The van der Waals surface area contributed by atoms with E-state index >= 15 is 0 Å². The fraction of sp³-hybridized carbons (Fsp3) is 0.556. The minimum atomic E-state index is -1.73. The van der Waals surface area contributed by atoms with Gasteiger partial charge < -0.3 is 0 Å². The molecule has 1 aliphatic rings. The van der Waals surface area contributed by atoms with Gasteiger partial charge in [-0.2, -0.15) is 0 Å². The van der Waals surface area contributed by atoms with Gasteiger partial charge in [-0.05, 0) is 0 Å². The van der Waals surface area contributed by atoms with Gasteiger partial charge in [-0.15, -0.1) is 0 Å². The van der Waals surface area contributed by atoms with Gasteiger partial charge in [0.2, 0.25) is 0 Å². The average molecular weight is 258 g/mol. The van der Waals surface area contributed by atoms with Crippen molar-refractivity contribution in [2.75, 3.05) is 13.6 Å². The molecule has 1 nitrogen and oxygen atoms in total. The van der Waals surface area contributed by atoms with Gasteiger partial charge in [0.15, 0.2) is 0 Å². The average Bonchev–Trinajstić information content (AvgIpc) is 1.86. The van der Waals surface area contributed by atoms with Crippen molar-refractivity contribution >= 4 is 18.4 Å². The van der Waals surface area contributed by atoms with Crippen LogP contribution in [0.2, 0.25) is 14.8 Å². The van der Waals surface area contributed by atoms with E-state index in [1.54, 1.807) is 3.59 Å². The van der Waals surface area contributed by atoms with Crippen LogP contribution in [0.25, 0.3) is 0 Å².